The molecule has 0 saturated carbocycles. The number of halogens is 1. The van der Waals surface area contributed by atoms with E-state index in [0.29, 0.717) is 18.1 Å². The predicted molar refractivity (Wildman–Crippen MR) is 106 cm³/mol. The minimum Gasteiger partial charge on any atom is -0.612 e. The molecule has 2 N–H and O–H groups in total. The zero-order valence-corrected chi connectivity index (χ0v) is 16.3. The summed E-state index contributed by atoms with van der Waals surface area (Å²) < 4.78 is 18.4. The fourth-order valence-corrected chi connectivity index (χ4v) is 3.48. The summed E-state index contributed by atoms with van der Waals surface area (Å²) in [5.74, 6) is 0.779. The lowest BCUT2D eigenvalue weighted by atomic mass is 10.1. The van der Waals surface area contributed by atoms with Gasteiger partial charge < -0.3 is 14.9 Å². The third-order valence-corrected chi connectivity index (χ3v) is 5.13. The Balaban J connectivity index is 0.00000210. The molecule has 4 rings (SSSR count). The number of aromatic nitrogens is 5. The molecule has 0 fully saturated rings. The van der Waals surface area contributed by atoms with Gasteiger partial charge >= 0.3 is 0 Å². The second-order valence-corrected chi connectivity index (χ2v) is 7.09. The first kappa shape index (κ1) is 19.2. The highest BCUT2D eigenvalue weighted by molar-refractivity contribution is 7.90. The van der Waals surface area contributed by atoms with E-state index in [1.165, 1.54) is 0 Å². The Hall–Kier alpha value is -2.62. The first-order valence-corrected chi connectivity index (χ1v) is 9.52. The lowest BCUT2D eigenvalue weighted by Crippen LogP contribution is -2.01. The number of nitrogen functional groups attached to an aromatic ring is 1. The van der Waals surface area contributed by atoms with Crippen molar-refractivity contribution in [2.45, 2.75) is 18.4 Å². The SMILES string of the molecule is CCn1c(-c2nonc2N)nc2cncc(-c3ccc([S+](C)[O-])cc3)c21.Cl. The Bertz CT molecular complexity index is 1080. The van der Waals surface area contributed by atoms with Crippen LogP contribution in [0.3, 0.4) is 0 Å². The molecule has 27 heavy (non-hydrogen) atoms. The highest BCUT2D eigenvalue weighted by Gasteiger charge is 2.21. The molecule has 0 aliphatic heterocycles. The average molecular weight is 405 g/mol. The van der Waals surface area contributed by atoms with E-state index in [1.54, 1.807) is 18.6 Å². The molecule has 0 bridgehead atoms. The number of aryl methyl sites for hydroxylation is 1. The van der Waals surface area contributed by atoms with E-state index in [2.05, 4.69) is 20.3 Å². The molecule has 8 nitrogen and oxygen atoms in total. The number of imidazole rings is 1. The van der Waals surface area contributed by atoms with Gasteiger partial charge in [-0.2, -0.15) is 0 Å². The Morgan fingerprint density at radius 1 is 1.19 bits per heavy atom. The zero-order chi connectivity index (χ0) is 18.3. The monoisotopic (exact) mass is 404 g/mol. The molecule has 1 atom stereocenters. The van der Waals surface area contributed by atoms with Crippen LogP contribution in [-0.4, -0.2) is 35.7 Å². The maximum Gasteiger partial charge on any atom is 0.199 e. The van der Waals surface area contributed by atoms with Crippen LogP contribution >= 0.6 is 12.4 Å². The van der Waals surface area contributed by atoms with E-state index >= 15 is 0 Å². The van der Waals surface area contributed by atoms with Gasteiger partial charge in [-0.05, 0) is 58.2 Å². The van der Waals surface area contributed by atoms with Crippen LogP contribution in [0.25, 0.3) is 33.7 Å². The zero-order valence-electron chi connectivity index (χ0n) is 14.6. The van der Waals surface area contributed by atoms with Gasteiger partial charge in [0, 0.05) is 18.3 Å². The van der Waals surface area contributed by atoms with Gasteiger partial charge in [-0.1, -0.05) is 0 Å². The van der Waals surface area contributed by atoms with E-state index < -0.39 is 11.2 Å². The number of hydrogen-bond donors (Lipinski definition) is 1. The number of fused-ring (bicyclic) bond motifs is 1. The highest BCUT2D eigenvalue weighted by atomic mass is 35.5. The molecule has 10 heteroatoms. The predicted octanol–water partition coefficient (Wildman–Crippen LogP) is 2.91. The van der Waals surface area contributed by atoms with Crippen molar-refractivity contribution in [3.8, 4) is 22.6 Å². The van der Waals surface area contributed by atoms with Crippen LogP contribution in [0.4, 0.5) is 5.82 Å². The van der Waals surface area contributed by atoms with Gasteiger partial charge in [-0.15, -0.1) is 12.4 Å². The van der Waals surface area contributed by atoms with E-state index in [0.717, 1.165) is 27.1 Å². The van der Waals surface area contributed by atoms with Crippen molar-refractivity contribution >= 4 is 40.4 Å². The van der Waals surface area contributed by atoms with Crippen molar-refractivity contribution < 1.29 is 9.18 Å². The molecule has 0 saturated heterocycles. The van der Waals surface area contributed by atoms with Gasteiger partial charge in [-0.25, -0.2) is 9.61 Å². The van der Waals surface area contributed by atoms with Crippen molar-refractivity contribution in [3.05, 3.63) is 36.7 Å². The first-order chi connectivity index (χ1) is 12.6. The number of hydrogen-bond acceptors (Lipinski definition) is 7. The number of anilines is 1. The molecule has 1 unspecified atom stereocenters. The van der Waals surface area contributed by atoms with Crippen molar-refractivity contribution in [2.24, 2.45) is 0 Å². The Morgan fingerprint density at radius 3 is 2.52 bits per heavy atom. The largest absolute Gasteiger partial charge is 0.612 e. The minimum atomic E-state index is -1.02. The lowest BCUT2D eigenvalue weighted by Gasteiger charge is -2.09. The molecule has 3 heterocycles. The molecular weight excluding hydrogens is 388 g/mol. The van der Waals surface area contributed by atoms with Crippen molar-refractivity contribution in [3.63, 3.8) is 0 Å². The van der Waals surface area contributed by atoms with Crippen molar-refractivity contribution in [2.75, 3.05) is 12.0 Å². The molecule has 0 radical (unpaired) electrons. The quantitative estimate of drug-likeness (QED) is 0.519. The summed E-state index contributed by atoms with van der Waals surface area (Å²) in [5.41, 5.74) is 9.79. The van der Waals surface area contributed by atoms with Crippen LogP contribution in [0, 0.1) is 0 Å². The second kappa shape index (κ2) is 7.55. The smallest absolute Gasteiger partial charge is 0.199 e. The van der Waals surface area contributed by atoms with E-state index in [1.807, 2.05) is 35.8 Å². The van der Waals surface area contributed by atoms with Crippen LogP contribution in [0.5, 0.6) is 0 Å². The first-order valence-electron chi connectivity index (χ1n) is 7.96. The second-order valence-electron chi connectivity index (χ2n) is 5.71. The molecule has 1 aromatic carbocycles. The van der Waals surface area contributed by atoms with E-state index in [4.69, 9.17) is 10.4 Å². The maximum atomic E-state index is 11.6. The Kier molecular flexibility index (Phi) is 5.36. The number of rotatable bonds is 4. The van der Waals surface area contributed by atoms with Crippen molar-refractivity contribution in [1.82, 2.24) is 24.8 Å². The third kappa shape index (κ3) is 3.25. The van der Waals surface area contributed by atoms with Gasteiger partial charge in [0.25, 0.3) is 0 Å². The fraction of sp³-hybridized carbons (Fsp3) is 0.176. The van der Waals surface area contributed by atoms with Crippen LogP contribution in [0.2, 0.25) is 0 Å². The Labute approximate surface area is 164 Å². The molecule has 0 aliphatic rings. The number of nitrogens with zero attached hydrogens (tertiary/aromatic N) is 5. The van der Waals surface area contributed by atoms with Crippen LogP contribution in [-0.2, 0) is 17.7 Å². The molecule has 4 aromatic rings. The van der Waals surface area contributed by atoms with E-state index in [9.17, 15) is 4.55 Å². The number of nitrogens with two attached hydrogens (primary N) is 1. The van der Waals surface area contributed by atoms with Gasteiger partial charge in [0.2, 0.25) is 0 Å². The van der Waals surface area contributed by atoms with Gasteiger partial charge in [-0.3, -0.25) is 4.98 Å². The molecule has 3 aromatic heterocycles. The lowest BCUT2D eigenvalue weighted by molar-refractivity contribution is 0.310. The summed E-state index contributed by atoms with van der Waals surface area (Å²) >= 11 is -1.02. The van der Waals surface area contributed by atoms with Crippen LogP contribution in [0.1, 0.15) is 6.92 Å². The summed E-state index contributed by atoms with van der Waals surface area (Å²) in [4.78, 5) is 9.72. The van der Waals surface area contributed by atoms with Crippen LogP contribution in [0.15, 0.2) is 46.2 Å². The molecule has 0 spiro atoms. The normalized spacial score (nSPS) is 12.1. The number of benzene rings is 1. The van der Waals surface area contributed by atoms with Crippen molar-refractivity contribution in [1.29, 1.82) is 0 Å². The molecular formula is C17H17ClN6O2S. The van der Waals surface area contributed by atoms with E-state index in [-0.39, 0.29) is 18.2 Å². The molecule has 0 aliphatic carbocycles. The fourth-order valence-electron chi connectivity index (χ4n) is 2.97. The minimum absolute atomic E-state index is 0. The summed E-state index contributed by atoms with van der Waals surface area (Å²) in [5, 5.41) is 7.51. The summed E-state index contributed by atoms with van der Waals surface area (Å²) in [6.45, 7) is 2.67. The topological polar surface area (TPSA) is 119 Å². The summed E-state index contributed by atoms with van der Waals surface area (Å²) in [7, 11) is 0. The van der Waals surface area contributed by atoms with Crippen LogP contribution < -0.4 is 5.73 Å². The summed E-state index contributed by atoms with van der Waals surface area (Å²) in [6.07, 6.45) is 5.15. The number of pyridine rings is 1. The average Bonchev–Trinajstić information content (AvgIpc) is 3.24. The molecule has 0 amide bonds. The molecule has 140 valence electrons. The maximum absolute atomic E-state index is 11.6. The Morgan fingerprint density at radius 2 is 1.93 bits per heavy atom. The standard InChI is InChI=1S/C17H16N6O2S.ClH/c1-3-23-15-12(10-4-6-11(7-5-10)26(2)24)8-19-9-13(15)20-17(23)14-16(18)22-25-21-14;/h4-9H,3H2,1-2H3,(H2,18,22);1H. The highest BCUT2D eigenvalue weighted by Crippen LogP contribution is 2.33. The van der Waals surface area contributed by atoms with Gasteiger partial charge in [0.1, 0.15) is 11.8 Å². The van der Waals surface area contributed by atoms with Gasteiger partial charge in [0.05, 0.1) is 11.7 Å². The van der Waals surface area contributed by atoms with Gasteiger partial charge in [0.15, 0.2) is 22.2 Å². The third-order valence-electron chi connectivity index (χ3n) is 4.19. The summed E-state index contributed by atoms with van der Waals surface area (Å²) in [6, 6.07) is 7.59.